The van der Waals surface area contributed by atoms with E-state index in [9.17, 15) is 4.79 Å². The van der Waals surface area contributed by atoms with E-state index in [1.54, 1.807) is 0 Å². The highest BCUT2D eigenvalue weighted by atomic mass is 16.1. The molecule has 108 valence electrons. The molecule has 19 heavy (non-hydrogen) atoms. The molecule has 1 heteroatoms. The van der Waals surface area contributed by atoms with Gasteiger partial charge in [-0.1, -0.05) is 37.1 Å². The van der Waals surface area contributed by atoms with Gasteiger partial charge in [0.25, 0.3) is 0 Å². The number of carbonyl (C=O) groups excluding carboxylic acids is 1. The van der Waals surface area contributed by atoms with Crippen molar-refractivity contribution in [2.75, 3.05) is 0 Å². The van der Waals surface area contributed by atoms with Crippen LogP contribution in [0.15, 0.2) is 23.3 Å². The first kappa shape index (κ1) is 16.2. The van der Waals surface area contributed by atoms with Crippen molar-refractivity contribution in [2.45, 2.75) is 67.2 Å². The fourth-order valence-electron chi connectivity index (χ4n) is 3.15. The van der Waals surface area contributed by atoms with Crippen LogP contribution in [0.2, 0.25) is 0 Å². The van der Waals surface area contributed by atoms with E-state index in [4.69, 9.17) is 0 Å². The number of Topliss-reactive ketones (excluding diaryl/α,β-unsaturated/α-hetero) is 1. The number of hydrogen-bond acceptors (Lipinski definition) is 1. The summed E-state index contributed by atoms with van der Waals surface area (Å²) < 4.78 is 0. The van der Waals surface area contributed by atoms with E-state index in [0.717, 1.165) is 25.7 Å². The van der Waals surface area contributed by atoms with Crippen LogP contribution >= 0.6 is 0 Å². The van der Waals surface area contributed by atoms with Crippen LogP contribution < -0.4 is 0 Å². The van der Waals surface area contributed by atoms with Crippen molar-refractivity contribution in [1.82, 2.24) is 0 Å². The average molecular weight is 262 g/mol. The van der Waals surface area contributed by atoms with E-state index >= 15 is 0 Å². The molecular formula is C18H30O. The lowest BCUT2D eigenvalue weighted by atomic mass is 9.59. The zero-order chi connectivity index (χ0) is 14.6. The Morgan fingerprint density at radius 1 is 1.11 bits per heavy atom. The summed E-state index contributed by atoms with van der Waals surface area (Å²) in [5, 5.41) is 0. The second kappa shape index (κ2) is 6.54. The van der Waals surface area contributed by atoms with Crippen LogP contribution in [0.25, 0.3) is 0 Å². The number of allylic oxidation sites excluding steroid dienone is 4. The van der Waals surface area contributed by atoms with Crippen molar-refractivity contribution in [1.29, 1.82) is 0 Å². The van der Waals surface area contributed by atoms with Crippen LogP contribution in [0.3, 0.4) is 0 Å². The van der Waals surface area contributed by atoms with Crippen molar-refractivity contribution < 1.29 is 4.79 Å². The molecule has 0 saturated heterocycles. The Morgan fingerprint density at radius 2 is 1.63 bits per heavy atom. The molecule has 2 atom stereocenters. The molecule has 0 aromatic heterocycles. The van der Waals surface area contributed by atoms with Gasteiger partial charge < -0.3 is 0 Å². The Kier molecular flexibility index (Phi) is 5.58. The Hall–Kier alpha value is -0.850. The van der Waals surface area contributed by atoms with Crippen LogP contribution in [0.5, 0.6) is 0 Å². The first-order chi connectivity index (χ1) is 8.75. The minimum Gasteiger partial charge on any atom is -0.299 e. The fraction of sp³-hybridized carbons (Fsp3) is 0.722. The lowest BCUT2D eigenvalue weighted by molar-refractivity contribution is -0.132. The summed E-state index contributed by atoms with van der Waals surface area (Å²) >= 11 is 0. The standard InChI is InChI=1S/C18H30O/c1-13(2)7-9-15-10-12-17(19)16(18(15,5)6)11-8-14(3)4/h7-8,15-16H,9-12H2,1-6H3/t15-,16?/m1/s1. The molecule has 1 unspecified atom stereocenters. The molecule has 0 spiro atoms. The van der Waals surface area contributed by atoms with Crippen molar-refractivity contribution in [3.8, 4) is 0 Å². The van der Waals surface area contributed by atoms with Gasteiger partial charge in [-0.2, -0.15) is 0 Å². The van der Waals surface area contributed by atoms with Crippen molar-refractivity contribution in [3.63, 3.8) is 0 Å². The molecule has 1 rings (SSSR count). The third kappa shape index (κ3) is 4.33. The summed E-state index contributed by atoms with van der Waals surface area (Å²) in [4.78, 5) is 12.3. The van der Waals surface area contributed by atoms with E-state index in [1.807, 2.05) is 0 Å². The second-order valence-corrected chi connectivity index (χ2v) is 7.11. The summed E-state index contributed by atoms with van der Waals surface area (Å²) in [5.41, 5.74) is 2.82. The lowest BCUT2D eigenvalue weighted by Crippen LogP contribution is -2.41. The Balaban J connectivity index is 2.86. The predicted molar refractivity (Wildman–Crippen MR) is 83.1 cm³/mol. The first-order valence-electron chi connectivity index (χ1n) is 7.54. The van der Waals surface area contributed by atoms with Gasteiger partial charge in [-0.25, -0.2) is 0 Å². The van der Waals surface area contributed by atoms with Gasteiger partial charge in [-0.3, -0.25) is 4.79 Å². The largest absolute Gasteiger partial charge is 0.299 e. The molecule has 1 fully saturated rings. The van der Waals surface area contributed by atoms with E-state index in [0.29, 0.717) is 11.7 Å². The molecule has 0 N–H and O–H groups in total. The van der Waals surface area contributed by atoms with E-state index < -0.39 is 0 Å². The van der Waals surface area contributed by atoms with Gasteiger partial charge in [0.05, 0.1) is 0 Å². The molecular weight excluding hydrogens is 232 g/mol. The van der Waals surface area contributed by atoms with Gasteiger partial charge in [0.15, 0.2) is 0 Å². The van der Waals surface area contributed by atoms with Crippen LogP contribution in [0.1, 0.15) is 67.2 Å². The molecule has 0 aliphatic heterocycles. The topological polar surface area (TPSA) is 17.1 Å². The van der Waals surface area contributed by atoms with Crippen molar-refractivity contribution in [2.24, 2.45) is 17.3 Å². The van der Waals surface area contributed by atoms with Gasteiger partial charge >= 0.3 is 0 Å². The quantitative estimate of drug-likeness (QED) is 0.627. The highest BCUT2D eigenvalue weighted by Gasteiger charge is 2.43. The van der Waals surface area contributed by atoms with Crippen molar-refractivity contribution in [3.05, 3.63) is 23.3 Å². The highest BCUT2D eigenvalue weighted by molar-refractivity contribution is 5.82. The number of carbonyl (C=O) groups is 1. The Labute approximate surface area is 119 Å². The smallest absolute Gasteiger partial charge is 0.136 e. The minimum atomic E-state index is 0.118. The third-order valence-corrected chi connectivity index (χ3v) is 4.65. The van der Waals surface area contributed by atoms with Crippen LogP contribution in [0, 0.1) is 17.3 Å². The molecule has 1 saturated carbocycles. The zero-order valence-electron chi connectivity index (χ0n) is 13.5. The van der Waals surface area contributed by atoms with Gasteiger partial charge in [0, 0.05) is 12.3 Å². The van der Waals surface area contributed by atoms with Crippen LogP contribution in [-0.2, 0) is 4.79 Å². The third-order valence-electron chi connectivity index (χ3n) is 4.65. The van der Waals surface area contributed by atoms with Gasteiger partial charge in [0.1, 0.15) is 5.78 Å². The maximum atomic E-state index is 12.3. The summed E-state index contributed by atoms with van der Waals surface area (Å²) in [6, 6.07) is 0. The lowest BCUT2D eigenvalue weighted by Gasteiger charge is -2.44. The normalized spacial score (nSPS) is 25.9. The molecule has 1 aliphatic rings. The predicted octanol–water partition coefficient (Wildman–Crippen LogP) is 5.32. The zero-order valence-corrected chi connectivity index (χ0v) is 13.5. The molecule has 0 bridgehead atoms. The number of ketones is 1. The van der Waals surface area contributed by atoms with Crippen LogP contribution in [0.4, 0.5) is 0 Å². The Bertz CT molecular complexity index is 376. The average Bonchev–Trinajstić information content (AvgIpc) is 2.26. The van der Waals surface area contributed by atoms with E-state index in [1.165, 1.54) is 11.1 Å². The fourth-order valence-corrected chi connectivity index (χ4v) is 3.15. The Morgan fingerprint density at radius 3 is 2.16 bits per heavy atom. The first-order valence-corrected chi connectivity index (χ1v) is 7.54. The molecule has 0 aromatic carbocycles. The SMILES string of the molecule is CC(C)=CCC1C(=O)CC[C@@H](CC=C(C)C)C1(C)C. The molecule has 0 amide bonds. The van der Waals surface area contributed by atoms with Crippen LogP contribution in [-0.4, -0.2) is 5.78 Å². The van der Waals surface area contributed by atoms with E-state index in [-0.39, 0.29) is 11.3 Å². The molecule has 0 heterocycles. The summed E-state index contributed by atoms with van der Waals surface area (Å²) in [5.74, 6) is 1.30. The molecule has 0 aromatic rings. The minimum absolute atomic E-state index is 0.118. The van der Waals surface area contributed by atoms with Crippen molar-refractivity contribution >= 4 is 5.78 Å². The number of rotatable bonds is 4. The van der Waals surface area contributed by atoms with Gasteiger partial charge in [-0.15, -0.1) is 0 Å². The van der Waals surface area contributed by atoms with Gasteiger partial charge in [-0.05, 0) is 58.3 Å². The highest BCUT2D eigenvalue weighted by Crippen LogP contribution is 2.46. The molecule has 0 radical (unpaired) electrons. The maximum absolute atomic E-state index is 12.3. The van der Waals surface area contributed by atoms with E-state index in [2.05, 4.69) is 53.7 Å². The monoisotopic (exact) mass is 262 g/mol. The summed E-state index contributed by atoms with van der Waals surface area (Å²) in [6.07, 6.45) is 8.42. The summed E-state index contributed by atoms with van der Waals surface area (Å²) in [6.45, 7) is 13.1. The molecule has 1 aliphatic carbocycles. The molecule has 1 nitrogen and oxygen atoms in total. The number of hydrogen-bond donors (Lipinski definition) is 0. The second-order valence-electron chi connectivity index (χ2n) is 7.11. The van der Waals surface area contributed by atoms with Gasteiger partial charge in [0.2, 0.25) is 0 Å². The summed E-state index contributed by atoms with van der Waals surface area (Å²) in [7, 11) is 0. The maximum Gasteiger partial charge on any atom is 0.136 e.